The summed E-state index contributed by atoms with van der Waals surface area (Å²) in [6, 6.07) is 8.27. The van der Waals surface area contributed by atoms with E-state index < -0.39 is 5.82 Å². The molecule has 1 amide bonds. The molecule has 0 unspecified atom stereocenters. The van der Waals surface area contributed by atoms with Crippen LogP contribution in [0.2, 0.25) is 0 Å². The summed E-state index contributed by atoms with van der Waals surface area (Å²) in [5, 5.41) is 2.85. The van der Waals surface area contributed by atoms with Crippen molar-refractivity contribution in [2.75, 3.05) is 19.8 Å². The zero-order valence-corrected chi connectivity index (χ0v) is 16.1. The summed E-state index contributed by atoms with van der Waals surface area (Å²) >= 11 is 0. The number of nitrogens with two attached hydrogens (primary N) is 1. The fourth-order valence-electron chi connectivity index (χ4n) is 3.62. The van der Waals surface area contributed by atoms with Gasteiger partial charge in [-0.15, -0.1) is 0 Å². The molecule has 1 aliphatic heterocycles. The van der Waals surface area contributed by atoms with Crippen molar-refractivity contribution in [2.24, 2.45) is 0 Å². The summed E-state index contributed by atoms with van der Waals surface area (Å²) in [5.41, 5.74) is 11.1. The van der Waals surface area contributed by atoms with Crippen LogP contribution in [0.15, 0.2) is 30.3 Å². The number of nitrogens with zero attached hydrogens (tertiary/aromatic N) is 2. The average Bonchev–Trinajstić information content (AvgIpc) is 3.18. The number of amides is 1. The molecule has 4 rings (SSSR count). The second-order valence-electron chi connectivity index (χ2n) is 7.33. The van der Waals surface area contributed by atoms with Crippen LogP contribution < -0.4 is 11.1 Å². The predicted molar refractivity (Wildman–Crippen MR) is 107 cm³/mol. The van der Waals surface area contributed by atoms with Crippen LogP contribution >= 0.6 is 0 Å². The summed E-state index contributed by atoms with van der Waals surface area (Å²) < 4.78 is 14.5. The van der Waals surface area contributed by atoms with Gasteiger partial charge in [-0.1, -0.05) is 6.07 Å². The molecule has 0 saturated carbocycles. The quantitative estimate of drug-likeness (QED) is 0.608. The number of aromatic nitrogens is 2. The third-order valence-electron chi connectivity index (χ3n) is 4.96. The lowest BCUT2D eigenvalue weighted by molar-refractivity contribution is 0.0966. The van der Waals surface area contributed by atoms with Crippen molar-refractivity contribution in [3.05, 3.63) is 58.7 Å². The molecule has 7 heteroatoms. The summed E-state index contributed by atoms with van der Waals surface area (Å²) in [5.74, 6) is 0.0642. The highest BCUT2D eigenvalue weighted by Gasteiger charge is 2.28. The molecule has 0 fully saturated rings. The molecule has 2 aromatic carbocycles. The molecule has 0 atom stereocenters. The number of nitrogens with one attached hydrogen (secondary N) is 2. The highest BCUT2D eigenvalue weighted by atomic mass is 19.1. The van der Waals surface area contributed by atoms with Crippen LogP contribution in [0.25, 0.3) is 22.5 Å². The number of fused-ring (bicyclic) bond motifs is 1. The Kier molecular flexibility index (Phi) is 4.39. The molecular weight excluding hydrogens is 357 g/mol. The van der Waals surface area contributed by atoms with E-state index in [9.17, 15) is 9.18 Å². The summed E-state index contributed by atoms with van der Waals surface area (Å²) in [6.07, 6.45) is 0. The molecule has 4 N–H and O–H groups in total. The monoisotopic (exact) mass is 379 g/mol. The second-order valence-corrected chi connectivity index (χ2v) is 7.33. The molecule has 0 saturated heterocycles. The Hall–Kier alpha value is -3.19. The fraction of sp³-hybridized carbons (Fsp3) is 0.238. The van der Waals surface area contributed by atoms with Crippen molar-refractivity contribution in [1.29, 1.82) is 0 Å². The molecule has 0 bridgehead atoms. The van der Waals surface area contributed by atoms with Gasteiger partial charge in [0.1, 0.15) is 11.6 Å². The predicted octanol–water partition coefficient (Wildman–Crippen LogP) is 3.08. The number of halogens is 1. The number of nitrogen functional groups attached to an aromatic ring is 1. The lowest BCUT2D eigenvalue weighted by atomic mass is 9.92. The van der Waals surface area contributed by atoms with Crippen LogP contribution in [0, 0.1) is 12.7 Å². The standard InChI is InChI=1S/C21H22FN5O/c1-11-18(10-27(2)3)26-20(25-11)15-7-6-13(16-9-24-21(28)19(15)16)14-5-4-12(23)8-17(14)22/h4-8H,9-10,23H2,1-3H3,(H,24,28)(H,25,26). The number of H-pyrrole nitrogens is 1. The van der Waals surface area contributed by atoms with Gasteiger partial charge in [0.25, 0.3) is 5.91 Å². The first-order chi connectivity index (χ1) is 13.3. The lowest BCUT2D eigenvalue weighted by Crippen LogP contribution is -2.13. The smallest absolute Gasteiger partial charge is 0.252 e. The number of imidazole rings is 1. The summed E-state index contributed by atoms with van der Waals surface area (Å²) in [6.45, 7) is 3.02. The molecular formula is C21H22FN5O. The number of aryl methyl sites for hydroxylation is 1. The van der Waals surface area contributed by atoms with Crippen LogP contribution in [0.4, 0.5) is 10.1 Å². The number of anilines is 1. The van der Waals surface area contributed by atoms with Crippen molar-refractivity contribution in [1.82, 2.24) is 20.2 Å². The average molecular weight is 379 g/mol. The van der Waals surface area contributed by atoms with Gasteiger partial charge in [0.2, 0.25) is 0 Å². The molecule has 1 aliphatic rings. The van der Waals surface area contributed by atoms with E-state index in [2.05, 4.69) is 10.3 Å². The minimum absolute atomic E-state index is 0.175. The molecule has 3 aromatic rings. The largest absolute Gasteiger partial charge is 0.399 e. The maximum atomic E-state index is 14.5. The summed E-state index contributed by atoms with van der Waals surface area (Å²) in [7, 11) is 3.96. The normalized spacial score (nSPS) is 13.1. The third kappa shape index (κ3) is 3.03. The topological polar surface area (TPSA) is 87.0 Å². The van der Waals surface area contributed by atoms with Crippen molar-refractivity contribution in [2.45, 2.75) is 20.0 Å². The fourth-order valence-corrected chi connectivity index (χ4v) is 3.62. The lowest BCUT2D eigenvalue weighted by Gasteiger charge is -2.12. The van der Waals surface area contributed by atoms with Crippen molar-refractivity contribution in [3.63, 3.8) is 0 Å². The van der Waals surface area contributed by atoms with Crippen LogP contribution in [0.3, 0.4) is 0 Å². The van der Waals surface area contributed by atoms with Gasteiger partial charge in [0, 0.05) is 35.6 Å². The van der Waals surface area contributed by atoms with E-state index in [0.717, 1.165) is 22.5 Å². The molecule has 144 valence electrons. The molecule has 2 heterocycles. The highest BCUT2D eigenvalue weighted by Crippen LogP contribution is 2.36. The van der Waals surface area contributed by atoms with E-state index in [-0.39, 0.29) is 5.91 Å². The number of hydrogen-bond acceptors (Lipinski definition) is 4. The molecule has 6 nitrogen and oxygen atoms in total. The van der Waals surface area contributed by atoms with Crippen molar-refractivity contribution in [3.8, 4) is 22.5 Å². The Morgan fingerprint density at radius 2 is 1.89 bits per heavy atom. The second kappa shape index (κ2) is 6.76. The third-order valence-corrected chi connectivity index (χ3v) is 4.96. The van der Waals surface area contributed by atoms with Gasteiger partial charge in [-0.25, -0.2) is 9.37 Å². The Morgan fingerprint density at radius 3 is 2.61 bits per heavy atom. The first kappa shape index (κ1) is 18.2. The molecule has 28 heavy (non-hydrogen) atoms. The van der Waals surface area contributed by atoms with Crippen LogP contribution in [0.5, 0.6) is 0 Å². The Bertz CT molecular complexity index is 1090. The Balaban J connectivity index is 1.86. The van der Waals surface area contributed by atoms with Crippen LogP contribution in [0.1, 0.15) is 27.3 Å². The Morgan fingerprint density at radius 1 is 1.18 bits per heavy atom. The minimum Gasteiger partial charge on any atom is -0.399 e. The van der Waals surface area contributed by atoms with E-state index >= 15 is 0 Å². The van der Waals surface area contributed by atoms with Gasteiger partial charge in [-0.2, -0.15) is 0 Å². The highest BCUT2D eigenvalue weighted by molar-refractivity contribution is 6.06. The van der Waals surface area contributed by atoms with Gasteiger partial charge in [0.05, 0.1) is 11.3 Å². The van der Waals surface area contributed by atoms with Crippen molar-refractivity contribution < 1.29 is 9.18 Å². The van der Waals surface area contributed by atoms with Gasteiger partial charge in [-0.05, 0) is 56.4 Å². The SMILES string of the molecule is Cc1[nH]c(-c2ccc(-c3ccc(N)cc3F)c3c2C(=O)NC3)nc1CN(C)C. The number of hydrogen-bond donors (Lipinski definition) is 3. The molecule has 0 aliphatic carbocycles. The minimum atomic E-state index is -0.406. The van der Waals surface area contributed by atoms with Gasteiger partial charge in [-0.3, -0.25) is 4.79 Å². The van der Waals surface area contributed by atoms with Gasteiger partial charge < -0.3 is 20.9 Å². The Labute approximate surface area is 162 Å². The van der Waals surface area contributed by atoms with Crippen LogP contribution in [-0.2, 0) is 13.1 Å². The number of rotatable bonds is 4. The van der Waals surface area contributed by atoms with Gasteiger partial charge >= 0.3 is 0 Å². The zero-order chi connectivity index (χ0) is 20.0. The van der Waals surface area contributed by atoms with E-state index in [4.69, 9.17) is 10.7 Å². The first-order valence-corrected chi connectivity index (χ1v) is 9.05. The molecule has 0 radical (unpaired) electrons. The maximum absolute atomic E-state index is 14.5. The number of carbonyl (C=O) groups excluding carboxylic acids is 1. The molecule has 0 spiro atoms. The molecule has 1 aromatic heterocycles. The number of aromatic amines is 1. The first-order valence-electron chi connectivity index (χ1n) is 9.05. The van der Waals surface area contributed by atoms with E-state index in [1.54, 1.807) is 12.1 Å². The number of benzene rings is 2. The zero-order valence-electron chi connectivity index (χ0n) is 16.1. The van der Waals surface area contributed by atoms with E-state index in [1.165, 1.54) is 6.07 Å². The maximum Gasteiger partial charge on any atom is 0.252 e. The van der Waals surface area contributed by atoms with Crippen LogP contribution in [-0.4, -0.2) is 34.9 Å². The van der Waals surface area contributed by atoms with Gasteiger partial charge in [0.15, 0.2) is 0 Å². The van der Waals surface area contributed by atoms with Crippen molar-refractivity contribution >= 4 is 11.6 Å². The summed E-state index contributed by atoms with van der Waals surface area (Å²) in [4.78, 5) is 22.6. The van der Waals surface area contributed by atoms with E-state index in [1.807, 2.05) is 38.1 Å². The number of carbonyl (C=O) groups is 1. The van der Waals surface area contributed by atoms with E-state index in [0.29, 0.717) is 41.3 Å².